The van der Waals surface area contributed by atoms with E-state index in [0.717, 1.165) is 23.7 Å². The number of pyridine rings is 2. The molecule has 1 aliphatic rings. The molecule has 1 fully saturated rings. The molecule has 3 N–H and O–H groups in total. The smallest absolute Gasteiger partial charge is 0.328 e. The van der Waals surface area contributed by atoms with Crippen molar-refractivity contribution < 1.29 is 19.5 Å². The molecule has 182 valence electrons. The van der Waals surface area contributed by atoms with Gasteiger partial charge in [0.1, 0.15) is 5.54 Å². The van der Waals surface area contributed by atoms with E-state index in [1.807, 2.05) is 37.3 Å². The van der Waals surface area contributed by atoms with Gasteiger partial charge in [-0.05, 0) is 82.2 Å². The van der Waals surface area contributed by atoms with Crippen molar-refractivity contribution in [3.8, 4) is 0 Å². The normalized spacial score (nSPS) is 18.1. The zero-order chi connectivity index (χ0) is 25.2. The summed E-state index contributed by atoms with van der Waals surface area (Å²) >= 11 is 0. The summed E-state index contributed by atoms with van der Waals surface area (Å²) in [4.78, 5) is 45.2. The van der Waals surface area contributed by atoms with Gasteiger partial charge in [0.15, 0.2) is 0 Å². The van der Waals surface area contributed by atoms with Crippen molar-refractivity contribution >= 4 is 34.4 Å². The number of nitrogens with zero attached hydrogens (tertiary/aromatic N) is 2. The summed E-state index contributed by atoms with van der Waals surface area (Å²) in [5, 5.41) is 15.6. The van der Waals surface area contributed by atoms with Crippen LogP contribution in [0.2, 0.25) is 0 Å². The highest BCUT2D eigenvalue weighted by Crippen LogP contribution is 2.36. The lowest BCUT2D eigenvalue weighted by atomic mass is 9.78. The Morgan fingerprint density at radius 3 is 2.37 bits per heavy atom. The molecule has 0 bridgehead atoms. The van der Waals surface area contributed by atoms with Gasteiger partial charge < -0.3 is 15.7 Å². The molecular weight excluding hydrogens is 444 g/mol. The number of carboxylic acid groups (broad SMARTS) is 1. The topological polar surface area (TPSA) is 121 Å². The number of nitrogens with one attached hydrogen (secondary N) is 2. The van der Waals surface area contributed by atoms with Crippen molar-refractivity contribution in [3.05, 3.63) is 65.6 Å². The first-order chi connectivity index (χ1) is 16.6. The van der Waals surface area contributed by atoms with Gasteiger partial charge in [-0.2, -0.15) is 0 Å². The maximum Gasteiger partial charge on any atom is 0.328 e. The maximum atomic E-state index is 12.9. The second-order valence-corrected chi connectivity index (χ2v) is 9.73. The van der Waals surface area contributed by atoms with Gasteiger partial charge in [0, 0.05) is 29.4 Å². The summed E-state index contributed by atoms with van der Waals surface area (Å²) in [5.74, 6) is -1.30. The minimum atomic E-state index is -1.27. The lowest BCUT2D eigenvalue weighted by Crippen LogP contribution is -2.51. The molecule has 0 radical (unpaired) electrons. The number of rotatable bonds is 6. The fourth-order valence-corrected chi connectivity index (χ4v) is 4.53. The van der Waals surface area contributed by atoms with Crippen molar-refractivity contribution in [2.45, 2.75) is 57.9 Å². The molecule has 8 nitrogen and oxygen atoms in total. The quantitative estimate of drug-likeness (QED) is 0.485. The van der Waals surface area contributed by atoms with Crippen LogP contribution >= 0.6 is 0 Å². The predicted molar refractivity (Wildman–Crippen MR) is 133 cm³/mol. The summed E-state index contributed by atoms with van der Waals surface area (Å²) in [6.07, 6.45) is 6.51. The summed E-state index contributed by atoms with van der Waals surface area (Å²) in [5.41, 5.74) is 2.57. The average Bonchev–Trinajstić information content (AvgIpc) is 2.83. The van der Waals surface area contributed by atoms with E-state index in [4.69, 9.17) is 0 Å². The SMILES string of the molecule is Cc1nc2ccncc2cc1C(=O)Nc1ccc([C@H]2CC[C@@H](C(=O)NC(C)(C)C(=O)O)CC2)cc1. The van der Waals surface area contributed by atoms with Crippen molar-refractivity contribution in [2.24, 2.45) is 5.92 Å². The third-order valence-corrected chi connectivity index (χ3v) is 6.76. The Labute approximate surface area is 204 Å². The minimum Gasteiger partial charge on any atom is -0.480 e. The Hall–Kier alpha value is -3.81. The summed E-state index contributed by atoms with van der Waals surface area (Å²) in [6.45, 7) is 4.81. The summed E-state index contributed by atoms with van der Waals surface area (Å²) in [6, 6.07) is 11.5. The molecule has 0 spiro atoms. The fourth-order valence-electron chi connectivity index (χ4n) is 4.53. The first-order valence-electron chi connectivity index (χ1n) is 11.8. The van der Waals surface area contributed by atoms with Gasteiger partial charge in [-0.25, -0.2) is 4.79 Å². The van der Waals surface area contributed by atoms with E-state index in [1.54, 1.807) is 18.5 Å². The number of carbonyl (C=O) groups excluding carboxylic acids is 2. The molecule has 2 amide bonds. The van der Waals surface area contributed by atoms with Crippen molar-refractivity contribution in [1.29, 1.82) is 0 Å². The first kappa shape index (κ1) is 24.3. The van der Waals surface area contributed by atoms with Gasteiger partial charge >= 0.3 is 5.97 Å². The van der Waals surface area contributed by atoms with Crippen LogP contribution in [0.15, 0.2) is 48.8 Å². The number of fused-ring (bicyclic) bond motifs is 1. The van der Waals surface area contributed by atoms with Gasteiger partial charge in [0.05, 0.1) is 16.8 Å². The number of aryl methyl sites for hydroxylation is 1. The number of anilines is 1. The lowest BCUT2D eigenvalue weighted by Gasteiger charge is -2.30. The number of benzene rings is 1. The molecule has 0 saturated heterocycles. The predicted octanol–water partition coefficient (Wildman–Crippen LogP) is 4.44. The molecule has 0 atom stereocenters. The Morgan fingerprint density at radius 1 is 1.03 bits per heavy atom. The molecule has 1 aromatic carbocycles. The number of amides is 2. The van der Waals surface area contributed by atoms with Crippen molar-refractivity contribution in [2.75, 3.05) is 5.32 Å². The van der Waals surface area contributed by atoms with E-state index in [0.29, 0.717) is 35.7 Å². The molecule has 1 aliphatic carbocycles. The van der Waals surface area contributed by atoms with Crippen LogP contribution in [-0.2, 0) is 9.59 Å². The highest BCUT2D eigenvalue weighted by Gasteiger charge is 2.33. The summed E-state index contributed by atoms with van der Waals surface area (Å²) in [7, 11) is 0. The van der Waals surface area contributed by atoms with Crippen molar-refractivity contribution in [3.63, 3.8) is 0 Å². The molecule has 0 unspecified atom stereocenters. The van der Waals surface area contributed by atoms with Gasteiger partial charge in [-0.3, -0.25) is 19.6 Å². The van der Waals surface area contributed by atoms with E-state index in [2.05, 4.69) is 20.6 Å². The van der Waals surface area contributed by atoms with Crippen LogP contribution in [-0.4, -0.2) is 38.4 Å². The zero-order valence-corrected chi connectivity index (χ0v) is 20.2. The number of carbonyl (C=O) groups is 3. The fraction of sp³-hybridized carbons (Fsp3) is 0.370. The second-order valence-electron chi connectivity index (χ2n) is 9.73. The van der Waals surface area contributed by atoms with Crippen LogP contribution in [0.1, 0.15) is 67.1 Å². The summed E-state index contributed by atoms with van der Waals surface area (Å²) < 4.78 is 0. The highest BCUT2D eigenvalue weighted by molar-refractivity contribution is 6.06. The molecule has 35 heavy (non-hydrogen) atoms. The van der Waals surface area contributed by atoms with Gasteiger partial charge in [-0.1, -0.05) is 12.1 Å². The van der Waals surface area contributed by atoms with Crippen LogP contribution in [0.25, 0.3) is 10.9 Å². The Morgan fingerprint density at radius 2 is 1.71 bits per heavy atom. The molecule has 3 aromatic rings. The molecule has 0 aliphatic heterocycles. The first-order valence-corrected chi connectivity index (χ1v) is 11.8. The van der Waals surface area contributed by atoms with Gasteiger partial charge in [0.2, 0.25) is 5.91 Å². The van der Waals surface area contributed by atoms with Crippen molar-refractivity contribution in [1.82, 2.24) is 15.3 Å². The zero-order valence-electron chi connectivity index (χ0n) is 20.2. The number of aromatic nitrogens is 2. The third-order valence-electron chi connectivity index (χ3n) is 6.76. The largest absolute Gasteiger partial charge is 0.480 e. The van der Waals surface area contributed by atoms with E-state index >= 15 is 0 Å². The number of carboxylic acids is 1. The van der Waals surface area contributed by atoms with Crippen LogP contribution < -0.4 is 10.6 Å². The van der Waals surface area contributed by atoms with Crippen LogP contribution in [0.4, 0.5) is 5.69 Å². The van der Waals surface area contributed by atoms with Gasteiger partial charge in [0.25, 0.3) is 5.91 Å². The standard InChI is InChI=1S/C27H30N4O4/c1-16-22(14-20-15-28-13-12-23(20)29-16)25(33)30-21-10-8-18(9-11-21)17-4-6-19(7-5-17)24(32)31-27(2,3)26(34)35/h8-15,17,19H,4-7H2,1-3H3,(H,30,33)(H,31,32)(H,34,35)/t17-,19+. The Kier molecular flexibility index (Phi) is 6.82. The third kappa shape index (κ3) is 5.48. The average molecular weight is 475 g/mol. The molecule has 1 saturated carbocycles. The molecule has 2 aromatic heterocycles. The van der Waals surface area contributed by atoms with E-state index < -0.39 is 11.5 Å². The lowest BCUT2D eigenvalue weighted by molar-refractivity contribution is -0.146. The Balaban J connectivity index is 1.35. The van der Waals surface area contributed by atoms with E-state index in [9.17, 15) is 19.5 Å². The van der Waals surface area contributed by atoms with Gasteiger partial charge in [-0.15, -0.1) is 0 Å². The van der Waals surface area contributed by atoms with Crippen LogP contribution in [0.5, 0.6) is 0 Å². The van der Waals surface area contributed by atoms with E-state index in [-0.39, 0.29) is 17.7 Å². The molecule has 4 rings (SSSR count). The number of hydrogen-bond donors (Lipinski definition) is 3. The molecular formula is C27H30N4O4. The monoisotopic (exact) mass is 474 g/mol. The number of aliphatic carboxylic acids is 1. The minimum absolute atomic E-state index is 0.169. The Bertz CT molecular complexity index is 1260. The molecule has 2 heterocycles. The molecule has 8 heteroatoms. The van der Waals surface area contributed by atoms with E-state index in [1.165, 1.54) is 19.4 Å². The maximum absolute atomic E-state index is 12.9. The highest BCUT2D eigenvalue weighted by atomic mass is 16.4. The second kappa shape index (κ2) is 9.82. The van der Waals surface area contributed by atoms with Crippen LogP contribution in [0.3, 0.4) is 0 Å². The van der Waals surface area contributed by atoms with Crippen LogP contribution in [0, 0.1) is 12.8 Å². The number of hydrogen-bond acceptors (Lipinski definition) is 5.